The number of hydrogen-bond acceptors (Lipinski definition) is 6. The Bertz CT molecular complexity index is 975. The monoisotopic (exact) mass is 377 g/mol. The standard InChI is InChI=1S/C22H27N5O/c1-14-12-19(18-6-5-7-20(28-4)22(18)24-14)26-17-8-10-27(11-9-17)21-13-15(2)23-16(3)25-21/h5-7,12-13,17H,8-11H2,1-4H3,(H,24,26). The van der Waals surface area contributed by atoms with Crippen molar-refractivity contribution >= 4 is 22.4 Å². The van der Waals surface area contributed by atoms with E-state index in [1.54, 1.807) is 7.11 Å². The smallest absolute Gasteiger partial charge is 0.145 e. The van der Waals surface area contributed by atoms with Gasteiger partial charge in [-0.3, -0.25) is 0 Å². The minimum atomic E-state index is 0.427. The molecule has 0 amide bonds. The number of rotatable bonds is 4. The van der Waals surface area contributed by atoms with Crippen molar-refractivity contribution < 1.29 is 4.74 Å². The summed E-state index contributed by atoms with van der Waals surface area (Å²) < 4.78 is 5.50. The van der Waals surface area contributed by atoms with Crippen LogP contribution in [0, 0.1) is 20.8 Å². The molecule has 1 N–H and O–H groups in total. The van der Waals surface area contributed by atoms with E-state index in [2.05, 4.69) is 43.4 Å². The van der Waals surface area contributed by atoms with Crippen LogP contribution in [0.3, 0.4) is 0 Å². The van der Waals surface area contributed by atoms with Crippen molar-refractivity contribution in [3.63, 3.8) is 0 Å². The molecule has 0 saturated carbocycles. The fraction of sp³-hybridized carbons (Fsp3) is 0.409. The molecule has 3 aromatic rings. The minimum Gasteiger partial charge on any atom is -0.494 e. The van der Waals surface area contributed by atoms with Crippen LogP contribution in [0.15, 0.2) is 30.3 Å². The molecule has 2 aromatic heterocycles. The van der Waals surface area contributed by atoms with Gasteiger partial charge in [0.2, 0.25) is 0 Å². The molecule has 0 atom stereocenters. The van der Waals surface area contributed by atoms with Gasteiger partial charge in [-0.05, 0) is 45.7 Å². The number of pyridine rings is 1. The Morgan fingerprint density at radius 2 is 1.75 bits per heavy atom. The summed E-state index contributed by atoms with van der Waals surface area (Å²) in [6, 6.07) is 10.7. The molecule has 1 aliphatic rings. The number of hydrogen-bond donors (Lipinski definition) is 1. The van der Waals surface area contributed by atoms with Crippen LogP contribution in [-0.4, -0.2) is 41.2 Å². The number of nitrogens with one attached hydrogen (secondary N) is 1. The average Bonchev–Trinajstić information content (AvgIpc) is 2.67. The zero-order valence-electron chi connectivity index (χ0n) is 17.0. The van der Waals surface area contributed by atoms with Crippen molar-refractivity contribution in [1.82, 2.24) is 15.0 Å². The molecule has 0 unspecified atom stereocenters. The molecule has 0 aliphatic carbocycles. The van der Waals surface area contributed by atoms with E-state index < -0.39 is 0 Å². The van der Waals surface area contributed by atoms with Gasteiger partial charge in [-0.1, -0.05) is 12.1 Å². The van der Waals surface area contributed by atoms with E-state index in [9.17, 15) is 0 Å². The summed E-state index contributed by atoms with van der Waals surface area (Å²) in [5, 5.41) is 4.86. The first kappa shape index (κ1) is 18.5. The van der Waals surface area contributed by atoms with Gasteiger partial charge in [0.25, 0.3) is 0 Å². The van der Waals surface area contributed by atoms with Gasteiger partial charge >= 0.3 is 0 Å². The average molecular weight is 377 g/mol. The number of methoxy groups -OCH3 is 1. The molecular weight excluding hydrogens is 350 g/mol. The van der Waals surface area contributed by atoms with Crippen LogP contribution in [-0.2, 0) is 0 Å². The quantitative estimate of drug-likeness (QED) is 0.740. The molecule has 28 heavy (non-hydrogen) atoms. The van der Waals surface area contributed by atoms with Crippen LogP contribution >= 0.6 is 0 Å². The van der Waals surface area contributed by atoms with Gasteiger partial charge in [0.05, 0.1) is 7.11 Å². The topological polar surface area (TPSA) is 63.2 Å². The lowest BCUT2D eigenvalue weighted by Crippen LogP contribution is -2.39. The summed E-state index contributed by atoms with van der Waals surface area (Å²) in [7, 11) is 1.69. The molecule has 6 heteroatoms. The summed E-state index contributed by atoms with van der Waals surface area (Å²) in [6.07, 6.45) is 2.13. The van der Waals surface area contributed by atoms with Crippen LogP contribution in [0.1, 0.15) is 30.1 Å². The molecule has 3 heterocycles. The fourth-order valence-electron chi connectivity index (χ4n) is 3.97. The van der Waals surface area contributed by atoms with Crippen molar-refractivity contribution in [2.24, 2.45) is 0 Å². The van der Waals surface area contributed by atoms with E-state index in [0.29, 0.717) is 6.04 Å². The lowest BCUT2D eigenvalue weighted by Gasteiger charge is -2.34. The highest BCUT2D eigenvalue weighted by molar-refractivity contribution is 5.95. The number of benzene rings is 1. The highest BCUT2D eigenvalue weighted by atomic mass is 16.5. The van der Waals surface area contributed by atoms with Gasteiger partial charge in [0.1, 0.15) is 22.9 Å². The van der Waals surface area contributed by atoms with Gasteiger partial charge < -0.3 is 15.0 Å². The third-order valence-corrected chi connectivity index (χ3v) is 5.28. The van der Waals surface area contributed by atoms with Gasteiger partial charge in [0, 0.05) is 47.7 Å². The molecule has 0 radical (unpaired) electrons. The molecule has 6 nitrogen and oxygen atoms in total. The Labute approximate surface area is 166 Å². The van der Waals surface area contributed by atoms with E-state index >= 15 is 0 Å². The number of piperidine rings is 1. The minimum absolute atomic E-state index is 0.427. The Balaban J connectivity index is 1.51. The maximum absolute atomic E-state index is 5.50. The summed E-state index contributed by atoms with van der Waals surface area (Å²) >= 11 is 0. The SMILES string of the molecule is COc1cccc2c(NC3CCN(c4cc(C)nc(C)n4)CC3)cc(C)nc12. The largest absolute Gasteiger partial charge is 0.494 e. The van der Waals surface area contributed by atoms with Crippen LogP contribution in [0.4, 0.5) is 11.5 Å². The molecule has 1 saturated heterocycles. The normalized spacial score (nSPS) is 15.1. The maximum atomic E-state index is 5.50. The van der Waals surface area contributed by atoms with Gasteiger partial charge in [-0.2, -0.15) is 0 Å². The van der Waals surface area contributed by atoms with Crippen LogP contribution in [0.5, 0.6) is 5.75 Å². The van der Waals surface area contributed by atoms with Gasteiger partial charge in [-0.15, -0.1) is 0 Å². The number of anilines is 2. The maximum Gasteiger partial charge on any atom is 0.145 e. The number of ether oxygens (including phenoxy) is 1. The van der Waals surface area contributed by atoms with Crippen molar-refractivity contribution in [3.05, 3.63) is 47.5 Å². The second-order valence-electron chi connectivity index (χ2n) is 7.49. The second-order valence-corrected chi connectivity index (χ2v) is 7.49. The summed E-state index contributed by atoms with van der Waals surface area (Å²) in [5.74, 6) is 2.69. The molecular formula is C22H27N5O. The summed E-state index contributed by atoms with van der Waals surface area (Å²) in [6.45, 7) is 7.98. The molecule has 0 spiro atoms. The van der Waals surface area contributed by atoms with E-state index in [0.717, 1.165) is 71.3 Å². The molecule has 0 bridgehead atoms. The fourth-order valence-corrected chi connectivity index (χ4v) is 3.97. The Morgan fingerprint density at radius 1 is 1.00 bits per heavy atom. The number of fused-ring (bicyclic) bond motifs is 1. The Morgan fingerprint density at radius 3 is 2.46 bits per heavy atom. The summed E-state index contributed by atoms with van der Waals surface area (Å²) in [4.78, 5) is 16.0. The van der Waals surface area contributed by atoms with Crippen LogP contribution < -0.4 is 15.0 Å². The molecule has 1 fully saturated rings. The number of aryl methyl sites for hydroxylation is 3. The number of para-hydroxylation sites is 1. The lowest BCUT2D eigenvalue weighted by atomic mass is 10.0. The highest BCUT2D eigenvalue weighted by Gasteiger charge is 2.21. The number of aromatic nitrogens is 3. The molecule has 1 aromatic carbocycles. The predicted octanol–water partition coefficient (Wildman–Crippen LogP) is 4.04. The first-order chi connectivity index (χ1) is 13.5. The first-order valence-corrected chi connectivity index (χ1v) is 9.81. The van der Waals surface area contributed by atoms with Crippen molar-refractivity contribution in [1.29, 1.82) is 0 Å². The Hall–Kier alpha value is -2.89. The zero-order valence-corrected chi connectivity index (χ0v) is 17.0. The van der Waals surface area contributed by atoms with Crippen LogP contribution in [0.2, 0.25) is 0 Å². The van der Waals surface area contributed by atoms with Crippen molar-refractivity contribution in [2.45, 2.75) is 39.7 Å². The van der Waals surface area contributed by atoms with Gasteiger partial charge in [-0.25, -0.2) is 15.0 Å². The van der Waals surface area contributed by atoms with E-state index in [1.807, 2.05) is 32.9 Å². The second kappa shape index (κ2) is 7.62. The first-order valence-electron chi connectivity index (χ1n) is 9.81. The molecule has 1 aliphatic heterocycles. The molecule has 146 valence electrons. The molecule has 4 rings (SSSR count). The van der Waals surface area contributed by atoms with Crippen LogP contribution in [0.25, 0.3) is 10.9 Å². The van der Waals surface area contributed by atoms with Crippen molar-refractivity contribution in [2.75, 3.05) is 30.4 Å². The third kappa shape index (κ3) is 3.72. The van der Waals surface area contributed by atoms with E-state index in [4.69, 9.17) is 4.74 Å². The van der Waals surface area contributed by atoms with Crippen molar-refractivity contribution in [3.8, 4) is 5.75 Å². The lowest BCUT2D eigenvalue weighted by molar-refractivity contribution is 0.419. The van der Waals surface area contributed by atoms with E-state index in [-0.39, 0.29) is 0 Å². The highest BCUT2D eigenvalue weighted by Crippen LogP contribution is 2.31. The number of nitrogens with zero attached hydrogens (tertiary/aromatic N) is 4. The predicted molar refractivity (Wildman–Crippen MR) is 113 cm³/mol. The Kier molecular flexibility index (Phi) is 5.03. The van der Waals surface area contributed by atoms with E-state index in [1.165, 1.54) is 0 Å². The third-order valence-electron chi connectivity index (χ3n) is 5.28. The zero-order chi connectivity index (χ0) is 19.7. The van der Waals surface area contributed by atoms with Gasteiger partial charge in [0.15, 0.2) is 0 Å². The summed E-state index contributed by atoms with van der Waals surface area (Å²) in [5.41, 5.74) is 4.06.